The van der Waals surface area contributed by atoms with Gasteiger partial charge in [-0.05, 0) is 35.9 Å². The summed E-state index contributed by atoms with van der Waals surface area (Å²) in [4.78, 5) is 27.3. The second-order valence-corrected chi connectivity index (χ2v) is 5.25. The lowest BCUT2D eigenvalue weighted by molar-refractivity contribution is 0.0696. The predicted octanol–water partition coefficient (Wildman–Crippen LogP) is 3.84. The number of anilines is 1. The highest BCUT2D eigenvalue weighted by Gasteiger charge is 2.16. The fourth-order valence-electron chi connectivity index (χ4n) is 2.34. The van der Waals surface area contributed by atoms with Crippen molar-refractivity contribution in [1.82, 2.24) is 4.98 Å². The first-order valence-electron chi connectivity index (χ1n) is 7.40. The number of amides is 1. The van der Waals surface area contributed by atoms with Crippen molar-refractivity contribution in [2.24, 2.45) is 0 Å². The third-order valence-corrected chi connectivity index (χ3v) is 3.54. The fourth-order valence-corrected chi connectivity index (χ4v) is 2.34. The molecule has 0 radical (unpaired) electrons. The Bertz CT molecular complexity index is 925. The van der Waals surface area contributed by atoms with Gasteiger partial charge in [0.15, 0.2) is 0 Å². The highest BCUT2D eigenvalue weighted by atomic mass is 19.1. The molecule has 0 saturated heterocycles. The summed E-state index contributed by atoms with van der Waals surface area (Å²) in [6.07, 6.45) is 0.981. The van der Waals surface area contributed by atoms with E-state index in [0.29, 0.717) is 16.8 Å². The molecule has 0 fully saturated rings. The zero-order chi connectivity index (χ0) is 17.8. The van der Waals surface area contributed by atoms with Crippen LogP contribution in [0.3, 0.4) is 0 Å². The molecular weight excluding hydrogens is 323 g/mol. The SMILES string of the molecule is O=C(O)c1ccc(NC(=O)c2ncc(F)cc2-c2ccccc2)cc1. The number of hydrogen-bond acceptors (Lipinski definition) is 3. The molecule has 0 aliphatic carbocycles. The maximum Gasteiger partial charge on any atom is 0.335 e. The van der Waals surface area contributed by atoms with E-state index in [-0.39, 0.29) is 11.3 Å². The second-order valence-electron chi connectivity index (χ2n) is 5.25. The monoisotopic (exact) mass is 336 g/mol. The number of nitrogens with zero attached hydrogens (tertiary/aromatic N) is 1. The summed E-state index contributed by atoms with van der Waals surface area (Å²) in [6, 6.07) is 15.9. The van der Waals surface area contributed by atoms with Gasteiger partial charge in [-0.25, -0.2) is 14.2 Å². The third kappa shape index (κ3) is 3.69. The number of benzene rings is 2. The van der Waals surface area contributed by atoms with Crippen molar-refractivity contribution >= 4 is 17.6 Å². The van der Waals surface area contributed by atoms with Crippen LogP contribution in [0.2, 0.25) is 0 Å². The molecule has 1 heterocycles. The van der Waals surface area contributed by atoms with Crippen LogP contribution in [0.1, 0.15) is 20.8 Å². The van der Waals surface area contributed by atoms with E-state index in [9.17, 15) is 14.0 Å². The van der Waals surface area contributed by atoms with Crippen LogP contribution < -0.4 is 5.32 Å². The Morgan fingerprint density at radius 2 is 1.68 bits per heavy atom. The maximum absolute atomic E-state index is 13.6. The van der Waals surface area contributed by atoms with E-state index in [1.165, 1.54) is 30.3 Å². The van der Waals surface area contributed by atoms with Crippen LogP contribution in [-0.2, 0) is 0 Å². The molecule has 0 aliphatic heterocycles. The smallest absolute Gasteiger partial charge is 0.335 e. The van der Waals surface area contributed by atoms with Crippen LogP contribution in [-0.4, -0.2) is 22.0 Å². The highest BCUT2D eigenvalue weighted by Crippen LogP contribution is 2.24. The lowest BCUT2D eigenvalue weighted by Gasteiger charge is -2.10. The fraction of sp³-hybridized carbons (Fsp3) is 0. The number of carboxylic acid groups (broad SMARTS) is 1. The molecule has 25 heavy (non-hydrogen) atoms. The van der Waals surface area contributed by atoms with E-state index in [1.54, 1.807) is 24.3 Å². The van der Waals surface area contributed by atoms with Gasteiger partial charge < -0.3 is 10.4 Å². The minimum Gasteiger partial charge on any atom is -0.478 e. The van der Waals surface area contributed by atoms with Crippen molar-refractivity contribution < 1.29 is 19.1 Å². The molecule has 0 bridgehead atoms. The Hall–Kier alpha value is -3.54. The van der Waals surface area contributed by atoms with Gasteiger partial charge >= 0.3 is 5.97 Å². The highest BCUT2D eigenvalue weighted by molar-refractivity contribution is 6.07. The van der Waals surface area contributed by atoms with Crippen LogP contribution >= 0.6 is 0 Å². The Labute approximate surface area is 142 Å². The number of aromatic carboxylic acids is 1. The molecule has 1 amide bonds. The molecule has 0 spiro atoms. The molecule has 3 aromatic rings. The first-order valence-corrected chi connectivity index (χ1v) is 7.40. The molecule has 2 N–H and O–H groups in total. The van der Waals surface area contributed by atoms with Crippen molar-refractivity contribution in [3.63, 3.8) is 0 Å². The Morgan fingerprint density at radius 1 is 1.00 bits per heavy atom. The minimum absolute atomic E-state index is 0.0786. The minimum atomic E-state index is -1.05. The van der Waals surface area contributed by atoms with Gasteiger partial charge in [-0.1, -0.05) is 30.3 Å². The summed E-state index contributed by atoms with van der Waals surface area (Å²) >= 11 is 0. The number of carbonyl (C=O) groups excluding carboxylic acids is 1. The first kappa shape index (κ1) is 16.3. The zero-order valence-electron chi connectivity index (χ0n) is 12.9. The quantitative estimate of drug-likeness (QED) is 0.759. The zero-order valence-corrected chi connectivity index (χ0v) is 12.9. The van der Waals surface area contributed by atoms with Crippen LogP contribution in [0, 0.1) is 5.82 Å². The van der Waals surface area contributed by atoms with E-state index < -0.39 is 17.7 Å². The maximum atomic E-state index is 13.6. The summed E-state index contributed by atoms with van der Waals surface area (Å²) in [5, 5.41) is 11.5. The summed E-state index contributed by atoms with van der Waals surface area (Å²) in [7, 11) is 0. The van der Waals surface area contributed by atoms with E-state index in [4.69, 9.17) is 5.11 Å². The molecule has 6 heteroatoms. The Morgan fingerprint density at radius 3 is 2.32 bits per heavy atom. The average molecular weight is 336 g/mol. The largest absolute Gasteiger partial charge is 0.478 e. The molecule has 3 rings (SSSR count). The molecule has 1 aromatic heterocycles. The van der Waals surface area contributed by atoms with Crippen molar-refractivity contribution in [2.45, 2.75) is 0 Å². The number of hydrogen-bond donors (Lipinski definition) is 2. The van der Waals surface area contributed by atoms with E-state index in [0.717, 1.165) is 6.20 Å². The van der Waals surface area contributed by atoms with Gasteiger partial charge in [-0.3, -0.25) is 4.79 Å². The summed E-state index contributed by atoms with van der Waals surface area (Å²) in [5.41, 5.74) is 1.65. The lowest BCUT2D eigenvalue weighted by atomic mass is 10.0. The molecular formula is C19H13FN2O3. The van der Waals surface area contributed by atoms with Gasteiger partial charge in [0.2, 0.25) is 0 Å². The Balaban J connectivity index is 1.91. The van der Waals surface area contributed by atoms with E-state index in [1.807, 2.05) is 6.07 Å². The molecule has 0 aliphatic rings. The number of halogens is 1. The number of carboxylic acids is 1. The number of rotatable bonds is 4. The summed E-state index contributed by atoms with van der Waals surface area (Å²) < 4.78 is 13.6. The summed E-state index contributed by atoms with van der Waals surface area (Å²) in [6.45, 7) is 0. The van der Waals surface area contributed by atoms with Crippen molar-refractivity contribution in [3.8, 4) is 11.1 Å². The number of pyridine rings is 1. The standard InChI is InChI=1S/C19H13FN2O3/c20-14-10-16(12-4-2-1-3-5-12)17(21-11-14)18(23)22-15-8-6-13(7-9-15)19(24)25/h1-11H,(H,22,23)(H,24,25). The normalized spacial score (nSPS) is 10.3. The van der Waals surface area contributed by atoms with Crippen LogP contribution in [0.15, 0.2) is 66.9 Å². The molecule has 0 atom stereocenters. The van der Waals surface area contributed by atoms with Crippen LogP contribution in [0.5, 0.6) is 0 Å². The number of carbonyl (C=O) groups is 2. The van der Waals surface area contributed by atoms with Crippen molar-refractivity contribution in [1.29, 1.82) is 0 Å². The lowest BCUT2D eigenvalue weighted by Crippen LogP contribution is -2.15. The van der Waals surface area contributed by atoms with E-state index >= 15 is 0 Å². The molecule has 0 saturated carbocycles. The predicted molar refractivity (Wildman–Crippen MR) is 91.0 cm³/mol. The van der Waals surface area contributed by atoms with Crippen molar-refractivity contribution in [3.05, 3.63) is 83.9 Å². The third-order valence-electron chi connectivity index (χ3n) is 3.54. The van der Waals surface area contributed by atoms with Gasteiger partial charge in [0.05, 0.1) is 11.8 Å². The molecule has 0 unspecified atom stereocenters. The van der Waals surface area contributed by atoms with Gasteiger partial charge in [-0.2, -0.15) is 0 Å². The topological polar surface area (TPSA) is 79.3 Å². The average Bonchev–Trinajstić information content (AvgIpc) is 2.62. The van der Waals surface area contributed by atoms with Gasteiger partial charge in [0.1, 0.15) is 11.5 Å². The number of nitrogens with one attached hydrogen (secondary N) is 1. The van der Waals surface area contributed by atoms with E-state index in [2.05, 4.69) is 10.3 Å². The van der Waals surface area contributed by atoms with Gasteiger partial charge in [0, 0.05) is 11.3 Å². The van der Waals surface area contributed by atoms with Crippen LogP contribution in [0.4, 0.5) is 10.1 Å². The summed E-state index contributed by atoms with van der Waals surface area (Å²) in [5.74, 6) is -2.10. The van der Waals surface area contributed by atoms with Crippen molar-refractivity contribution in [2.75, 3.05) is 5.32 Å². The first-order chi connectivity index (χ1) is 12.0. The number of aromatic nitrogens is 1. The van der Waals surface area contributed by atoms with Crippen LogP contribution in [0.25, 0.3) is 11.1 Å². The molecule has 2 aromatic carbocycles. The molecule has 5 nitrogen and oxygen atoms in total. The van der Waals surface area contributed by atoms with Gasteiger partial charge in [-0.15, -0.1) is 0 Å². The second kappa shape index (κ2) is 6.92. The Kier molecular flexibility index (Phi) is 4.52. The van der Waals surface area contributed by atoms with Gasteiger partial charge in [0.25, 0.3) is 5.91 Å². The molecule has 124 valence electrons.